The van der Waals surface area contributed by atoms with E-state index in [4.69, 9.17) is 9.63 Å². The highest BCUT2D eigenvalue weighted by Crippen LogP contribution is 2.38. The highest BCUT2D eigenvalue weighted by Gasteiger charge is 2.38. The summed E-state index contributed by atoms with van der Waals surface area (Å²) >= 11 is 0. The maximum absolute atomic E-state index is 11.3. The van der Waals surface area contributed by atoms with Crippen molar-refractivity contribution in [2.24, 2.45) is 5.41 Å². The average molecular weight is 347 g/mol. The number of aromatic nitrogens is 2. The van der Waals surface area contributed by atoms with Crippen molar-refractivity contribution in [3.63, 3.8) is 0 Å². The van der Waals surface area contributed by atoms with Gasteiger partial charge in [-0.25, -0.2) is 0 Å². The summed E-state index contributed by atoms with van der Waals surface area (Å²) in [4.78, 5) is 6.30. The van der Waals surface area contributed by atoms with E-state index in [1.54, 1.807) is 0 Å². The monoisotopic (exact) mass is 347 g/mol. The van der Waals surface area contributed by atoms with Crippen LogP contribution in [-0.4, -0.2) is 53.7 Å². The Hall–Kier alpha value is -1.19. The third-order valence-electron chi connectivity index (χ3n) is 4.40. The normalized spacial score (nSPS) is 18.6. The molecule has 1 aromatic heterocycles. The number of aliphatic hydroxyl groups excluding tert-OH is 1. The molecular formula is C14H25N3O5S. The van der Waals surface area contributed by atoms with E-state index < -0.39 is 15.5 Å². The van der Waals surface area contributed by atoms with Crippen LogP contribution in [0.3, 0.4) is 0 Å². The number of hydrogen-bond donors (Lipinski definition) is 2. The van der Waals surface area contributed by atoms with Crippen molar-refractivity contribution in [3.05, 3.63) is 5.82 Å². The molecule has 1 saturated heterocycles. The van der Waals surface area contributed by atoms with Crippen LogP contribution in [0.2, 0.25) is 0 Å². The van der Waals surface area contributed by atoms with E-state index in [9.17, 15) is 13.0 Å². The molecule has 0 atom stereocenters. The Morgan fingerprint density at radius 2 is 2.00 bits per heavy atom. The molecule has 1 aliphatic rings. The fourth-order valence-corrected chi connectivity index (χ4v) is 4.28. The molecule has 0 aromatic carbocycles. The van der Waals surface area contributed by atoms with Gasteiger partial charge >= 0.3 is 6.01 Å². The molecule has 0 amide bonds. The molecule has 23 heavy (non-hydrogen) atoms. The molecular weight excluding hydrogens is 322 g/mol. The van der Waals surface area contributed by atoms with Gasteiger partial charge in [0.25, 0.3) is 10.1 Å². The second-order valence-corrected chi connectivity index (χ2v) is 8.08. The van der Waals surface area contributed by atoms with Crippen LogP contribution in [-0.2, 0) is 10.1 Å². The third kappa shape index (κ3) is 4.89. The second-order valence-electron chi connectivity index (χ2n) is 6.63. The number of nitrogens with zero attached hydrogens (tertiary/aromatic N) is 3. The lowest BCUT2D eigenvalue weighted by atomic mass is 9.76. The fourth-order valence-electron chi connectivity index (χ4n) is 3.07. The Kier molecular flexibility index (Phi) is 5.64. The van der Waals surface area contributed by atoms with Crippen LogP contribution < -0.4 is 4.90 Å². The van der Waals surface area contributed by atoms with Crippen LogP contribution in [0.1, 0.15) is 51.3 Å². The zero-order chi connectivity index (χ0) is 17.1. The smallest absolute Gasteiger partial charge is 0.324 e. The molecule has 0 bridgehead atoms. The van der Waals surface area contributed by atoms with Crippen molar-refractivity contribution in [2.45, 2.75) is 45.4 Å². The van der Waals surface area contributed by atoms with Gasteiger partial charge in [0, 0.05) is 25.6 Å². The summed E-state index contributed by atoms with van der Waals surface area (Å²) in [5.74, 6) is 0.560. The van der Waals surface area contributed by atoms with E-state index in [0.717, 1.165) is 0 Å². The molecule has 2 heterocycles. The number of rotatable bonds is 7. The van der Waals surface area contributed by atoms with Crippen molar-refractivity contribution >= 4 is 16.1 Å². The maximum atomic E-state index is 11.3. The van der Waals surface area contributed by atoms with Crippen molar-refractivity contribution in [3.8, 4) is 0 Å². The van der Waals surface area contributed by atoms with Crippen LogP contribution in [0, 0.1) is 5.41 Å². The van der Waals surface area contributed by atoms with Crippen molar-refractivity contribution < 1.29 is 22.6 Å². The van der Waals surface area contributed by atoms with E-state index in [2.05, 4.69) is 10.1 Å². The standard InChI is InChI=1S/C14H25N3O5S/c1-11(2)12-15-13(22-16-12)17-7-5-14(6-8-17,4-3-9-18)10-23(19,20)21/h11,18H,3-10H2,1-2H3,(H,19,20,21). The lowest BCUT2D eigenvalue weighted by molar-refractivity contribution is 0.189. The van der Waals surface area contributed by atoms with Gasteiger partial charge in [-0.1, -0.05) is 19.0 Å². The first-order valence-corrected chi connectivity index (χ1v) is 9.50. The van der Waals surface area contributed by atoms with Gasteiger partial charge in [-0.3, -0.25) is 4.55 Å². The molecule has 1 aliphatic heterocycles. The Morgan fingerprint density at radius 3 is 2.48 bits per heavy atom. The largest absolute Gasteiger partial charge is 0.396 e. The zero-order valence-corrected chi connectivity index (χ0v) is 14.4. The van der Waals surface area contributed by atoms with Gasteiger partial charge in [-0.05, 0) is 31.1 Å². The predicted molar refractivity (Wildman–Crippen MR) is 85.0 cm³/mol. The molecule has 0 spiro atoms. The van der Waals surface area contributed by atoms with E-state index in [0.29, 0.717) is 50.6 Å². The molecule has 1 aromatic rings. The number of anilines is 1. The molecule has 1 fully saturated rings. The van der Waals surface area contributed by atoms with Gasteiger partial charge in [0.15, 0.2) is 5.82 Å². The van der Waals surface area contributed by atoms with Crippen molar-refractivity contribution in [1.29, 1.82) is 0 Å². The predicted octanol–water partition coefficient (Wildman–Crippen LogP) is 1.44. The van der Waals surface area contributed by atoms with Gasteiger partial charge in [0.1, 0.15) is 0 Å². The molecule has 9 heteroatoms. The Balaban J connectivity index is 2.05. The lowest BCUT2D eigenvalue weighted by Gasteiger charge is -2.40. The molecule has 132 valence electrons. The maximum Gasteiger partial charge on any atom is 0.324 e. The quantitative estimate of drug-likeness (QED) is 0.712. The van der Waals surface area contributed by atoms with Gasteiger partial charge in [0.2, 0.25) is 0 Å². The molecule has 0 unspecified atom stereocenters. The molecule has 2 N–H and O–H groups in total. The zero-order valence-electron chi connectivity index (χ0n) is 13.6. The summed E-state index contributed by atoms with van der Waals surface area (Å²) in [6.07, 6.45) is 2.27. The molecule has 8 nitrogen and oxygen atoms in total. The summed E-state index contributed by atoms with van der Waals surface area (Å²) in [5.41, 5.74) is -0.506. The van der Waals surface area contributed by atoms with Crippen LogP contribution in [0.5, 0.6) is 0 Å². The summed E-state index contributed by atoms with van der Waals surface area (Å²) in [7, 11) is -4.05. The number of aliphatic hydroxyl groups is 1. The minimum absolute atomic E-state index is 0.0123. The van der Waals surface area contributed by atoms with E-state index in [-0.39, 0.29) is 18.3 Å². The van der Waals surface area contributed by atoms with Gasteiger partial charge in [-0.2, -0.15) is 13.4 Å². The summed E-state index contributed by atoms with van der Waals surface area (Å²) in [6, 6.07) is 0.455. The van der Waals surface area contributed by atoms with Gasteiger partial charge in [-0.15, -0.1) is 0 Å². The van der Waals surface area contributed by atoms with Crippen LogP contribution in [0.25, 0.3) is 0 Å². The average Bonchev–Trinajstić information content (AvgIpc) is 2.94. The Labute approximate surface area is 136 Å². The Bertz CT molecular complexity index is 606. The highest BCUT2D eigenvalue weighted by atomic mass is 32.2. The number of hydrogen-bond acceptors (Lipinski definition) is 7. The SMILES string of the molecule is CC(C)c1noc(N2CCC(CCCO)(CS(=O)(=O)O)CC2)n1. The van der Waals surface area contributed by atoms with Gasteiger partial charge in [0.05, 0.1) is 5.75 Å². The molecule has 2 rings (SSSR count). The first-order valence-electron chi connectivity index (χ1n) is 7.89. The van der Waals surface area contributed by atoms with Crippen LogP contribution >= 0.6 is 0 Å². The van der Waals surface area contributed by atoms with Crippen LogP contribution in [0.4, 0.5) is 6.01 Å². The topological polar surface area (TPSA) is 117 Å². The number of piperidine rings is 1. The third-order valence-corrected chi connectivity index (χ3v) is 5.37. The molecule has 0 aliphatic carbocycles. The van der Waals surface area contributed by atoms with Gasteiger partial charge < -0.3 is 14.5 Å². The summed E-state index contributed by atoms with van der Waals surface area (Å²) in [5, 5.41) is 13.0. The first-order chi connectivity index (χ1) is 10.7. The minimum Gasteiger partial charge on any atom is -0.396 e. The van der Waals surface area contributed by atoms with Crippen molar-refractivity contribution in [2.75, 3.05) is 30.3 Å². The van der Waals surface area contributed by atoms with E-state index >= 15 is 0 Å². The highest BCUT2D eigenvalue weighted by molar-refractivity contribution is 7.85. The summed E-state index contributed by atoms with van der Waals surface area (Å²) in [6.45, 7) is 5.15. The second kappa shape index (κ2) is 7.14. The van der Waals surface area contributed by atoms with Crippen LogP contribution in [0.15, 0.2) is 4.52 Å². The minimum atomic E-state index is -4.05. The summed E-state index contributed by atoms with van der Waals surface area (Å²) < 4.78 is 37.2. The van der Waals surface area contributed by atoms with E-state index in [1.165, 1.54) is 0 Å². The molecule has 0 radical (unpaired) electrons. The van der Waals surface area contributed by atoms with Crippen molar-refractivity contribution in [1.82, 2.24) is 10.1 Å². The van der Waals surface area contributed by atoms with E-state index in [1.807, 2.05) is 18.7 Å². The first kappa shape index (κ1) is 18.2. The lowest BCUT2D eigenvalue weighted by Crippen LogP contribution is -2.44. The Morgan fingerprint density at radius 1 is 1.35 bits per heavy atom. The fraction of sp³-hybridized carbons (Fsp3) is 0.857. The molecule has 0 saturated carbocycles.